The lowest BCUT2D eigenvalue weighted by atomic mass is 9.49. The number of hydrogen-bond donors (Lipinski definition) is 2. The quantitative estimate of drug-likeness (QED) is 0.667. The van der Waals surface area contributed by atoms with Gasteiger partial charge in [0.25, 0.3) is 5.91 Å². The highest BCUT2D eigenvalue weighted by Gasteiger charge is 2.56. The van der Waals surface area contributed by atoms with Gasteiger partial charge in [-0.2, -0.15) is 0 Å². The van der Waals surface area contributed by atoms with Crippen molar-refractivity contribution in [2.45, 2.75) is 57.4 Å². The Morgan fingerprint density at radius 2 is 1.59 bits per heavy atom. The van der Waals surface area contributed by atoms with Gasteiger partial charge in [-0.25, -0.2) is 4.39 Å². The molecule has 1 aromatic carbocycles. The van der Waals surface area contributed by atoms with E-state index in [2.05, 4.69) is 10.6 Å². The molecule has 172 valence electrons. The molecule has 1 atom stereocenters. The molecule has 5 aliphatic rings. The van der Waals surface area contributed by atoms with E-state index in [4.69, 9.17) is 0 Å². The second-order valence-corrected chi connectivity index (χ2v) is 10.4. The van der Waals surface area contributed by atoms with Crippen molar-refractivity contribution in [1.82, 2.24) is 15.5 Å². The molecule has 4 bridgehead atoms. The first kappa shape index (κ1) is 21.4. The topological polar surface area (TPSA) is 78.5 Å². The van der Waals surface area contributed by atoms with Crippen LogP contribution in [0.4, 0.5) is 4.39 Å². The molecule has 32 heavy (non-hydrogen) atoms. The Morgan fingerprint density at radius 3 is 2.25 bits per heavy atom. The maximum atomic E-state index is 13.7. The summed E-state index contributed by atoms with van der Waals surface area (Å²) in [5.41, 5.74) is -0.243. The Labute approximate surface area is 188 Å². The predicted octanol–water partition coefficient (Wildman–Crippen LogP) is 2.88. The molecule has 1 saturated heterocycles. The van der Waals surface area contributed by atoms with Gasteiger partial charge in [0.05, 0.1) is 11.0 Å². The van der Waals surface area contributed by atoms with Crippen LogP contribution in [-0.4, -0.2) is 48.3 Å². The molecular weight excluding hydrogens is 409 g/mol. The van der Waals surface area contributed by atoms with E-state index in [1.165, 1.54) is 37.5 Å². The fourth-order valence-electron chi connectivity index (χ4n) is 7.18. The lowest BCUT2D eigenvalue weighted by Gasteiger charge is -2.56. The molecule has 1 aromatic rings. The van der Waals surface area contributed by atoms with Crippen LogP contribution in [0.25, 0.3) is 0 Å². The number of nitrogens with one attached hydrogen (secondary N) is 2. The van der Waals surface area contributed by atoms with E-state index in [1.807, 2.05) is 4.90 Å². The first-order valence-corrected chi connectivity index (χ1v) is 12.1. The van der Waals surface area contributed by atoms with Crippen LogP contribution in [-0.2, 0) is 9.59 Å². The normalized spacial score (nSPS) is 32.7. The van der Waals surface area contributed by atoms with Crippen LogP contribution in [0.15, 0.2) is 24.3 Å². The zero-order chi connectivity index (χ0) is 22.3. The van der Waals surface area contributed by atoms with E-state index in [9.17, 15) is 18.8 Å². The standard InChI is InChI=1S/C25H32FN3O3/c26-20-5-2-1-4-19(20)22(30)27-7-8-28-23(31)21-6-3-9-29(21)24(32)25-13-16-10-17(14-25)12-18(11-16)15-25/h1-2,4-5,16-18,21H,3,6-15H2,(H,27,30)(H,28,31). The van der Waals surface area contributed by atoms with Crippen LogP contribution in [0.3, 0.4) is 0 Å². The summed E-state index contributed by atoms with van der Waals surface area (Å²) in [4.78, 5) is 40.5. The van der Waals surface area contributed by atoms with Crippen molar-refractivity contribution in [3.63, 3.8) is 0 Å². The third kappa shape index (κ3) is 3.90. The van der Waals surface area contributed by atoms with E-state index in [0.717, 1.165) is 25.7 Å². The molecular formula is C25H32FN3O3. The van der Waals surface area contributed by atoms with Crippen molar-refractivity contribution in [2.75, 3.05) is 19.6 Å². The molecule has 6 nitrogen and oxygen atoms in total. The summed E-state index contributed by atoms with van der Waals surface area (Å²) in [7, 11) is 0. The van der Waals surface area contributed by atoms with Crippen molar-refractivity contribution in [3.05, 3.63) is 35.6 Å². The van der Waals surface area contributed by atoms with Gasteiger partial charge < -0.3 is 15.5 Å². The van der Waals surface area contributed by atoms with Gasteiger partial charge >= 0.3 is 0 Å². The van der Waals surface area contributed by atoms with E-state index >= 15 is 0 Å². The van der Waals surface area contributed by atoms with Crippen molar-refractivity contribution >= 4 is 17.7 Å². The highest BCUT2D eigenvalue weighted by Crippen LogP contribution is 2.60. The monoisotopic (exact) mass is 441 g/mol. The Bertz CT molecular complexity index is 882. The highest BCUT2D eigenvalue weighted by atomic mass is 19.1. The number of likely N-dealkylation sites (tertiary alicyclic amines) is 1. The van der Waals surface area contributed by atoms with Crippen molar-refractivity contribution in [3.8, 4) is 0 Å². The Balaban J connectivity index is 1.14. The molecule has 5 fully saturated rings. The summed E-state index contributed by atoms with van der Waals surface area (Å²) >= 11 is 0. The smallest absolute Gasteiger partial charge is 0.254 e. The lowest BCUT2D eigenvalue weighted by molar-refractivity contribution is -0.160. The second kappa shape index (κ2) is 8.49. The number of nitrogens with zero attached hydrogens (tertiary/aromatic N) is 1. The average molecular weight is 442 g/mol. The summed E-state index contributed by atoms with van der Waals surface area (Å²) in [6.45, 7) is 1.10. The molecule has 7 heteroatoms. The number of amides is 3. The van der Waals surface area contributed by atoms with Crippen LogP contribution in [0.1, 0.15) is 61.7 Å². The summed E-state index contributed by atoms with van der Waals surface area (Å²) < 4.78 is 13.7. The third-order valence-electron chi connectivity index (χ3n) is 8.14. The van der Waals surface area contributed by atoms with Crippen LogP contribution in [0.5, 0.6) is 0 Å². The van der Waals surface area contributed by atoms with Gasteiger partial charge in [-0.1, -0.05) is 12.1 Å². The number of rotatable bonds is 6. The molecule has 1 heterocycles. The Morgan fingerprint density at radius 1 is 0.969 bits per heavy atom. The molecule has 4 aliphatic carbocycles. The molecule has 1 aliphatic heterocycles. The predicted molar refractivity (Wildman–Crippen MR) is 117 cm³/mol. The Kier molecular flexibility index (Phi) is 5.68. The molecule has 1 unspecified atom stereocenters. The van der Waals surface area contributed by atoms with Crippen LogP contribution in [0, 0.1) is 29.0 Å². The fraction of sp³-hybridized carbons (Fsp3) is 0.640. The maximum Gasteiger partial charge on any atom is 0.254 e. The minimum Gasteiger partial charge on any atom is -0.353 e. The van der Waals surface area contributed by atoms with Crippen LogP contribution >= 0.6 is 0 Å². The van der Waals surface area contributed by atoms with Gasteiger partial charge in [-0.3, -0.25) is 14.4 Å². The van der Waals surface area contributed by atoms with Crippen molar-refractivity contribution < 1.29 is 18.8 Å². The van der Waals surface area contributed by atoms with Gasteiger partial charge in [0.15, 0.2) is 0 Å². The fourth-order valence-corrected chi connectivity index (χ4v) is 7.18. The average Bonchev–Trinajstić information content (AvgIpc) is 3.25. The van der Waals surface area contributed by atoms with Crippen molar-refractivity contribution in [2.24, 2.45) is 23.2 Å². The van der Waals surface area contributed by atoms with Gasteiger partial charge in [0.2, 0.25) is 11.8 Å². The zero-order valence-electron chi connectivity index (χ0n) is 18.4. The summed E-state index contributed by atoms with van der Waals surface area (Å²) in [5.74, 6) is 1.06. The first-order chi connectivity index (χ1) is 15.4. The van der Waals surface area contributed by atoms with Crippen LogP contribution in [0.2, 0.25) is 0 Å². The van der Waals surface area contributed by atoms with Gasteiger partial charge in [0.1, 0.15) is 11.9 Å². The molecule has 3 amide bonds. The number of carbonyl (C=O) groups excluding carboxylic acids is 3. The molecule has 0 radical (unpaired) electrons. The molecule has 0 spiro atoms. The van der Waals surface area contributed by atoms with E-state index < -0.39 is 17.8 Å². The summed E-state index contributed by atoms with van der Waals surface area (Å²) in [5, 5.41) is 5.50. The number of hydrogen-bond acceptors (Lipinski definition) is 3. The largest absolute Gasteiger partial charge is 0.353 e. The van der Waals surface area contributed by atoms with E-state index in [1.54, 1.807) is 6.07 Å². The minimum absolute atomic E-state index is 0.0121. The van der Waals surface area contributed by atoms with Gasteiger partial charge in [0, 0.05) is 19.6 Å². The van der Waals surface area contributed by atoms with Gasteiger partial charge in [-0.05, 0) is 81.3 Å². The third-order valence-corrected chi connectivity index (χ3v) is 8.14. The minimum atomic E-state index is -0.571. The summed E-state index contributed by atoms with van der Waals surface area (Å²) in [6.07, 6.45) is 8.41. The molecule has 6 rings (SSSR count). The number of halogens is 1. The van der Waals surface area contributed by atoms with Crippen molar-refractivity contribution in [1.29, 1.82) is 0 Å². The molecule has 2 N–H and O–H groups in total. The highest BCUT2D eigenvalue weighted by molar-refractivity contribution is 5.94. The second-order valence-electron chi connectivity index (χ2n) is 10.4. The molecule has 0 aromatic heterocycles. The summed E-state index contributed by atoms with van der Waals surface area (Å²) in [6, 6.07) is 5.39. The zero-order valence-corrected chi connectivity index (χ0v) is 18.4. The van der Waals surface area contributed by atoms with Crippen LogP contribution < -0.4 is 10.6 Å². The Hall–Kier alpha value is -2.44. The molecule has 4 saturated carbocycles. The van der Waals surface area contributed by atoms with E-state index in [0.29, 0.717) is 30.7 Å². The first-order valence-electron chi connectivity index (χ1n) is 12.1. The van der Waals surface area contributed by atoms with E-state index in [-0.39, 0.29) is 35.9 Å². The maximum absolute atomic E-state index is 13.7. The number of carbonyl (C=O) groups is 3. The number of benzene rings is 1. The van der Waals surface area contributed by atoms with Gasteiger partial charge in [-0.15, -0.1) is 0 Å². The lowest BCUT2D eigenvalue weighted by Crippen LogP contribution is -2.57. The SMILES string of the molecule is O=C(NCCNC(=O)C1CCCN1C(=O)C12CC3CC(CC(C3)C1)C2)c1ccccc1F.